The van der Waals surface area contributed by atoms with Crippen LogP contribution >= 0.6 is 0 Å². The zero-order valence-electron chi connectivity index (χ0n) is 16.5. The third kappa shape index (κ3) is 3.05. The largest absolute Gasteiger partial charge is 0.422 e. The molecule has 0 radical (unpaired) electrons. The van der Waals surface area contributed by atoms with Gasteiger partial charge in [-0.2, -0.15) is 0 Å². The zero-order chi connectivity index (χ0) is 20.0. The number of aromatic nitrogens is 1. The van der Waals surface area contributed by atoms with Gasteiger partial charge in [0.2, 0.25) is 0 Å². The van der Waals surface area contributed by atoms with Gasteiger partial charge in [0.25, 0.3) is 0 Å². The van der Waals surface area contributed by atoms with Crippen molar-refractivity contribution in [3.05, 3.63) is 112 Å². The first-order valence-electron chi connectivity index (χ1n) is 9.78. The lowest BCUT2D eigenvalue weighted by Gasteiger charge is -2.09. The van der Waals surface area contributed by atoms with Gasteiger partial charge in [0.05, 0.1) is 10.9 Å². The zero-order valence-corrected chi connectivity index (χ0v) is 16.5. The fourth-order valence-corrected chi connectivity index (χ4v) is 4.20. The minimum Gasteiger partial charge on any atom is -0.422 e. The van der Waals surface area contributed by atoms with Crippen LogP contribution in [0.25, 0.3) is 27.6 Å². The first-order valence-corrected chi connectivity index (χ1v) is 9.78. The van der Waals surface area contributed by atoms with Crippen molar-refractivity contribution < 1.29 is 4.42 Å². The molecule has 0 aliphatic rings. The van der Waals surface area contributed by atoms with Crippen LogP contribution in [0.4, 0.5) is 0 Å². The molecule has 0 aliphatic heterocycles. The molecule has 142 valence electrons. The molecule has 0 amide bonds. The topological polar surface area (TPSA) is 35.1 Å². The van der Waals surface area contributed by atoms with E-state index in [1.807, 2.05) is 42.5 Å². The summed E-state index contributed by atoms with van der Waals surface area (Å²) >= 11 is 0. The lowest BCUT2D eigenvalue weighted by Crippen LogP contribution is -2.02. The van der Waals surface area contributed by atoms with Gasteiger partial charge in [0.15, 0.2) is 0 Å². The summed E-state index contributed by atoms with van der Waals surface area (Å²) < 4.78 is 7.83. The number of hydrogen-bond acceptors (Lipinski definition) is 2. The van der Waals surface area contributed by atoms with E-state index in [0.717, 1.165) is 22.2 Å². The molecule has 5 aromatic rings. The summed E-state index contributed by atoms with van der Waals surface area (Å²) in [5.74, 6) is 0. The van der Waals surface area contributed by atoms with Gasteiger partial charge < -0.3 is 8.98 Å². The third-order valence-electron chi connectivity index (χ3n) is 5.35. The Morgan fingerprint density at radius 1 is 0.862 bits per heavy atom. The fraction of sp³-hybridized carbons (Fsp3) is 0.115. The molecule has 2 aromatic heterocycles. The summed E-state index contributed by atoms with van der Waals surface area (Å²) in [5.41, 5.74) is 6.82. The fourth-order valence-electron chi connectivity index (χ4n) is 4.20. The Hall–Kier alpha value is -3.59. The van der Waals surface area contributed by atoms with Gasteiger partial charge in [-0.05, 0) is 66.8 Å². The van der Waals surface area contributed by atoms with E-state index in [2.05, 4.69) is 54.9 Å². The molecule has 0 saturated carbocycles. The van der Waals surface area contributed by atoms with E-state index in [0.29, 0.717) is 17.4 Å². The van der Waals surface area contributed by atoms with Gasteiger partial charge in [-0.25, -0.2) is 4.79 Å². The Bertz CT molecular complexity index is 1390. The number of para-hydroxylation sites is 1. The lowest BCUT2D eigenvalue weighted by atomic mass is 10.0. The Morgan fingerprint density at radius 3 is 2.31 bits per heavy atom. The molecule has 0 N–H and O–H groups in total. The van der Waals surface area contributed by atoms with Gasteiger partial charge in [0, 0.05) is 17.3 Å². The van der Waals surface area contributed by atoms with Gasteiger partial charge in [-0.1, -0.05) is 48.5 Å². The Kier molecular flexibility index (Phi) is 4.09. The van der Waals surface area contributed by atoms with Gasteiger partial charge >= 0.3 is 5.63 Å². The average Bonchev–Trinajstić information content (AvgIpc) is 3.08. The molecule has 0 saturated heterocycles. The highest BCUT2D eigenvalue weighted by Crippen LogP contribution is 2.31. The molecule has 3 nitrogen and oxygen atoms in total. The van der Waals surface area contributed by atoms with Crippen LogP contribution in [0.5, 0.6) is 0 Å². The van der Waals surface area contributed by atoms with E-state index in [9.17, 15) is 4.79 Å². The highest BCUT2D eigenvalue weighted by molar-refractivity contribution is 6.04. The van der Waals surface area contributed by atoms with Crippen LogP contribution in [0, 0.1) is 13.8 Å². The first kappa shape index (κ1) is 17.5. The number of benzene rings is 3. The number of fused-ring (bicyclic) bond motifs is 3. The maximum Gasteiger partial charge on any atom is 0.346 e. The number of rotatable bonds is 3. The summed E-state index contributed by atoms with van der Waals surface area (Å²) in [6.07, 6.45) is 2.77. The predicted octanol–water partition coefficient (Wildman–Crippen LogP) is 5.94. The minimum atomic E-state index is -0.284. The van der Waals surface area contributed by atoms with E-state index >= 15 is 0 Å². The van der Waals surface area contributed by atoms with Crippen LogP contribution in [0.3, 0.4) is 0 Å². The highest BCUT2D eigenvalue weighted by atomic mass is 16.4. The second-order valence-electron chi connectivity index (χ2n) is 7.64. The molecule has 3 aromatic carbocycles. The molecular weight excluding hydrogens is 358 g/mol. The van der Waals surface area contributed by atoms with Crippen LogP contribution in [0.1, 0.15) is 22.3 Å². The predicted molar refractivity (Wildman–Crippen MR) is 118 cm³/mol. The van der Waals surface area contributed by atoms with Crippen LogP contribution < -0.4 is 5.63 Å². The van der Waals surface area contributed by atoms with Crippen molar-refractivity contribution >= 4 is 21.9 Å². The standard InChI is InChI=1S/C26H21NO2/c1-17-12-18(2)14-21(13-17)27-16-20(15-19-8-4-3-5-9-19)24-25(27)22-10-6-7-11-23(22)29-26(24)28/h3-14,16H,15H2,1-2H3. The third-order valence-corrected chi connectivity index (χ3v) is 5.35. The Balaban J connectivity index is 1.87. The second-order valence-corrected chi connectivity index (χ2v) is 7.64. The molecule has 3 heteroatoms. The maximum atomic E-state index is 13.0. The van der Waals surface area contributed by atoms with Crippen molar-refractivity contribution in [2.75, 3.05) is 0 Å². The number of aryl methyl sites for hydroxylation is 2. The molecule has 0 bridgehead atoms. The molecule has 5 rings (SSSR count). The summed E-state index contributed by atoms with van der Waals surface area (Å²) in [6, 6.07) is 24.4. The monoisotopic (exact) mass is 379 g/mol. The van der Waals surface area contributed by atoms with Gasteiger partial charge in [-0.15, -0.1) is 0 Å². The highest BCUT2D eigenvalue weighted by Gasteiger charge is 2.18. The Morgan fingerprint density at radius 2 is 1.55 bits per heavy atom. The average molecular weight is 379 g/mol. The van der Waals surface area contributed by atoms with E-state index in [-0.39, 0.29) is 5.63 Å². The molecule has 0 atom stereocenters. The van der Waals surface area contributed by atoms with Crippen molar-refractivity contribution in [2.45, 2.75) is 20.3 Å². The molecular formula is C26H21NO2. The Labute approximate surface area is 168 Å². The number of hydrogen-bond donors (Lipinski definition) is 0. The first-order chi connectivity index (χ1) is 14.1. The molecule has 0 fully saturated rings. The van der Waals surface area contributed by atoms with Crippen LogP contribution in [0.15, 0.2) is 88.2 Å². The van der Waals surface area contributed by atoms with Crippen molar-refractivity contribution in [1.82, 2.24) is 4.57 Å². The minimum absolute atomic E-state index is 0.284. The molecule has 0 aliphatic carbocycles. The van der Waals surface area contributed by atoms with Gasteiger partial charge in [-0.3, -0.25) is 0 Å². The summed E-state index contributed by atoms with van der Waals surface area (Å²) in [5, 5.41) is 1.60. The van der Waals surface area contributed by atoms with Crippen molar-refractivity contribution in [1.29, 1.82) is 0 Å². The van der Waals surface area contributed by atoms with Crippen molar-refractivity contribution in [3.63, 3.8) is 0 Å². The normalized spacial score (nSPS) is 11.4. The van der Waals surface area contributed by atoms with E-state index in [1.165, 1.54) is 16.7 Å². The molecule has 0 unspecified atom stereocenters. The smallest absolute Gasteiger partial charge is 0.346 e. The van der Waals surface area contributed by atoms with E-state index in [1.54, 1.807) is 0 Å². The summed E-state index contributed by atoms with van der Waals surface area (Å²) in [7, 11) is 0. The van der Waals surface area contributed by atoms with Crippen molar-refractivity contribution in [2.24, 2.45) is 0 Å². The van der Waals surface area contributed by atoms with Crippen LogP contribution in [-0.4, -0.2) is 4.57 Å². The lowest BCUT2D eigenvalue weighted by molar-refractivity contribution is 0.569. The van der Waals surface area contributed by atoms with Crippen molar-refractivity contribution in [3.8, 4) is 5.69 Å². The molecule has 29 heavy (non-hydrogen) atoms. The van der Waals surface area contributed by atoms with E-state index in [4.69, 9.17) is 4.42 Å². The molecule has 2 heterocycles. The summed E-state index contributed by atoms with van der Waals surface area (Å²) in [4.78, 5) is 13.0. The quantitative estimate of drug-likeness (QED) is 0.363. The number of nitrogens with zero attached hydrogens (tertiary/aromatic N) is 1. The van der Waals surface area contributed by atoms with Crippen LogP contribution in [0.2, 0.25) is 0 Å². The maximum absolute atomic E-state index is 13.0. The SMILES string of the molecule is Cc1cc(C)cc(-n2cc(Cc3ccccc3)c3c(=O)oc4ccccc4c32)c1. The second kappa shape index (κ2) is 6.78. The van der Waals surface area contributed by atoms with E-state index < -0.39 is 0 Å². The van der Waals surface area contributed by atoms with Crippen LogP contribution in [-0.2, 0) is 6.42 Å². The summed E-state index contributed by atoms with van der Waals surface area (Å²) in [6.45, 7) is 4.19. The molecule has 0 spiro atoms. The van der Waals surface area contributed by atoms with Gasteiger partial charge in [0.1, 0.15) is 5.58 Å².